The third kappa shape index (κ3) is 2.83. The molecule has 0 heterocycles. The molecule has 1 aliphatic carbocycles. The van der Waals surface area contributed by atoms with Crippen molar-refractivity contribution in [2.75, 3.05) is 6.61 Å². The van der Waals surface area contributed by atoms with Crippen LogP contribution in [0.5, 0.6) is 0 Å². The van der Waals surface area contributed by atoms with Crippen LogP contribution in [0.2, 0.25) is 0 Å². The summed E-state index contributed by atoms with van der Waals surface area (Å²) in [6, 6.07) is 10.2. The van der Waals surface area contributed by atoms with Gasteiger partial charge < -0.3 is 4.74 Å². The Morgan fingerprint density at radius 3 is 2.67 bits per heavy atom. The van der Waals surface area contributed by atoms with E-state index in [2.05, 4.69) is 40.8 Å². The van der Waals surface area contributed by atoms with Gasteiger partial charge in [-0.3, -0.25) is 4.79 Å². The predicted octanol–water partition coefficient (Wildman–Crippen LogP) is 3.77. The highest BCUT2D eigenvalue weighted by molar-refractivity contribution is 14.1. The Kier molecular flexibility index (Phi) is 4.22. The van der Waals surface area contributed by atoms with Crippen LogP contribution in [0.3, 0.4) is 0 Å². The van der Waals surface area contributed by atoms with Crippen LogP contribution in [0.1, 0.15) is 18.9 Å². The maximum atomic E-state index is 11.9. The first-order chi connectivity index (χ1) is 8.65. The van der Waals surface area contributed by atoms with E-state index in [1.54, 1.807) is 0 Å². The van der Waals surface area contributed by atoms with Crippen molar-refractivity contribution in [2.45, 2.75) is 16.8 Å². The van der Waals surface area contributed by atoms with Gasteiger partial charge in [0, 0.05) is 0 Å². The van der Waals surface area contributed by atoms with Gasteiger partial charge in [0.25, 0.3) is 0 Å². The molecule has 0 saturated heterocycles. The van der Waals surface area contributed by atoms with E-state index in [-0.39, 0.29) is 5.97 Å². The molecule has 18 heavy (non-hydrogen) atoms. The topological polar surface area (TPSA) is 26.3 Å². The lowest BCUT2D eigenvalue weighted by Crippen LogP contribution is -2.32. The van der Waals surface area contributed by atoms with Gasteiger partial charge in [-0.15, -0.1) is 0 Å². The van der Waals surface area contributed by atoms with E-state index in [1.807, 2.05) is 37.3 Å². The van der Waals surface area contributed by atoms with Crippen LogP contribution >= 0.6 is 22.6 Å². The molecule has 0 radical (unpaired) electrons. The number of alkyl halides is 1. The third-order valence-corrected chi connectivity index (χ3v) is 4.11. The largest absolute Gasteiger partial charge is 0.465 e. The first-order valence-electron chi connectivity index (χ1n) is 5.96. The van der Waals surface area contributed by atoms with Crippen molar-refractivity contribution in [2.24, 2.45) is 0 Å². The van der Waals surface area contributed by atoms with E-state index >= 15 is 0 Å². The van der Waals surface area contributed by atoms with Gasteiger partial charge in [0.15, 0.2) is 0 Å². The molecule has 1 unspecified atom stereocenters. The summed E-state index contributed by atoms with van der Waals surface area (Å²) in [7, 11) is 0. The van der Waals surface area contributed by atoms with Crippen molar-refractivity contribution >= 4 is 34.1 Å². The van der Waals surface area contributed by atoms with Gasteiger partial charge in [0.1, 0.15) is 3.42 Å². The van der Waals surface area contributed by atoms with Crippen molar-refractivity contribution in [3.05, 3.63) is 54.1 Å². The summed E-state index contributed by atoms with van der Waals surface area (Å²) in [5.41, 5.74) is 2.34. The van der Waals surface area contributed by atoms with Crippen molar-refractivity contribution in [3.63, 3.8) is 0 Å². The molecule has 1 aromatic rings. The molecule has 3 heteroatoms. The molecule has 0 bridgehead atoms. The average Bonchev–Trinajstić information content (AvgIpc) is 2.41. The first kappa shape index (κ1) is 13.3. The predicted molar refractivity (Wildman–Crippen MR) is 81.6 cm³/mol. The summed E-state index contributed by atoms with van der Waals surface area (Å²) < 4.78 is 4.55. The lowest BCUT2D eigenvalue weighted by atomic mass is 9.93. The zero-order valence-corrected chi connectivity index (χ0v) is 12.4. The number of allylic oxidation sites excluding steroid dienone is 3. The summed E-state index contributed by atoms with van der Waals surface area (Å²) >= 11 is 2.16. The maximum absolute atomic E-state index is 11.9. The fraction of sp³-hybridized carbons (Fsp3) is 0.267. The van der Waals surface area contributed by atoms with Crippen molar-refractivity contribution in [1.29, 1.82) is 0 Å². The number of rotatable bonds is 3. The Balaban J connectivity index is 2.14. The summed E-state index contributed by atoms with van der Waals surface area (Å²) in [6.07, 6.45) is 6.71. The molecule has 0 fully saturated rings. The molecule has 0 aliphatic heterocycles. The van der Waals surface area contributed by atoms with Gasteiger partial charge in [-0.2, -0.15) is 0 Å². The number of hydrogen-bond acceptors (Lipinski definition) is 2. The van der Waals surface area contributed by atoms with E-state index in [0.29, 0.717) is 13.0 Å². The zero-order chi connectivity index (χ0) is 13.0. The zero-order valence-electron chi connectivity index (χ0n) is 10.2. The normalized spacial score (nSPS) is 22.4. The third-order valence-electron chi connectivity index (χ3n) is 2.87. The average molecular weight is 354 g/mol. The van der Waals surface area contributed by atoms with E-state index in [4.69, 9.17) is 4.74 Å². The quantitative estimate of drug-likeness (QED) is 0.469. The fourth-order valence-corrected chi connectivity index (χ4v) is 2.42. The molecule has 0 spiro atoms. The summed E-state index contributed by atoms with van der Waals surface area (Å²) in [6.45, 7) is 2.25. The minimum atomic E-state index is -0.550. The minimum absolute atomic E-state index is 0.162. The number of halogens is 1. The van der Waals surface area contributed by atoms with E-state index in [1.165, 1.54) is 5.56 Å². The molecule has 94 valence electrons. The van der Waals surface area contributed by atoms with Crippen molar-refractivity contribution in [1.82, 2.24) is 0 Å². The molecule has 0 aromatic heterocycles. The fourth-order valence-electron chi connectivity index (χ4n) is 1.86. The van der Waals surface area contributed by atoms with Gasteiger partial charge in [-0.05, 0) is 24.5 Å². The Hall–Kier alpha value is -1.10. The SMILES string of the molecule is CCOC(=O)C1(I)C=CC(c2ccccc2)=CC1. The van der Waals surface area contributed by atoms with Gasteiger partial charge in [0.2, 0.25) is 0 Å². The molecular weight excluding hydrogens is 339 g/mol. The number of carbonyl (C=O) groups is 1. The van der Waals surface area contributed by atoms with E-state index < -0.39 is 3.42 Å². The Labute approximate surface area is 121 Å². The van der Waals surface area contributed by atoms with Crippen LogP contribution in [-0.2, 0) is 9.53 Å². The molecular formula is C15H15IO2. The number of esters is 1. The van der Waals surface area contributed by atoms with E-state index in [9.17, 15) is 4.79 Å². The van der Waals surface area contributed by atoms with Crippen molar-refractivity contribution in [3.8, 4) is 0 Å². The van der Waals surface area contributed by atoms with Crippen LogP contribution in [-0.4, -0.2) is 16.0 Å². The first-order valence-corrected chi connectivity index (χ1v) is 7.04. The summed E-state index contributed by atoms with van der Waals surface area (Å²) in [4.78, 5) is 11.9. The lowest BCUT2D eigenvalue weighted by Gasteiger charge is -2.23. The highest BCUT2D eigenvalue weighted by atomic mass is 127. The minimum Gasteiger partial charge on any atom is -0.465 e. The maximum Gasteiger partial charge on any atom is 0.326 e. The van der Waals surface area contributed by atoms with Crippen LogP contribution in [0.15, 0.2) is 48.6 Å². The molecule has 0 N–H and O–H groups in total. The van der Waals surface area contributed by atoms with Crippen LogP contribution in [0, 0.1) is 0 Å². The second-order valence-corrected chi connectivity index (χ2v) is 6.07. The van der Waals surface area contributed by atoms with Crippen LogP contribution < -0.4 is 0 Å². The van der Waals surface area contributed by atoms with Gasteiger partial charge in [0.05, 0.1) is 6.61 Å². The van der Waals surface area contributed by atoms with Crippen LogP contribution in [0.25, 0.3) is 5.57 Å². The molecule has 0 saturated carbocycles. The van der Waals surface area contributed by atoms with Crippen LogP contribution in [0.4, 0.5) is 0 Å². The second kappa shape index (κ2) is 5.69. The summed E-state index contributed by atoms with van der Waals surface area (Å²) in [5.74, 6) is -0.162. The summed E-state index contributed by atoms with van der Waals surface area (Å²) in [5, 5.41) is 0. The number of ether oxygens (including phenoxy) is 1. The Bertz CT molecular complexity index is 490. The number of hydrogen-bond donors (Lipinski definition) is 0. The van der Waals surface area contributed by atoms with E-state index in [0.717, 1.165) is 5.57 Å². The molecule has 1 atom stereocenters. The van der Waals surface area contributed by atoms with Gasteiger partial charge >= 0.3 is 5.97 Å². The van der Waals surface area contributed by atoms with Gasteiger partial charge in [-0.25, -0.2) is 0 Å². The monoisotopic (exact) mass is 354 g/mol. The molecule has 0 amide bonds. The van der Waals surface area contributed by atoms with Gasteiger partial charge in [-0.1, -0.05) is 71.2 Å². The number of carbonyl (C=O) groups excluding carboxylic acids is 1. The Morgan fingerprint density at radius 2 is 2.11 bits per heavy atom. The Morgan fingerprint density at radius 1 is 1.39 bits per heavy atom. The van der Waals surface area contributed by atoms with Crippen molar-refractivity contribution < 1.29 is 9.53 Å². The smallest absolute Gasteiger partial charge is 0.326 e. The highest BCUT2D eigenvalue weighted by Gasteiger charge is 2.34. The molecule has 1 aliphatic rings. The molecule has 2 nitrogen and oxygen atoms in total. The number of benzene rings is 1. The second-order valence-electron chi connectivity index (χ2n) is 4.15. The molecule has 2 rings (SSSR count). The lowest BCUT2D eigenvalue weighted by molar-refractivity contribution is -0.144. The highest BCUT2D eigenvalue weighted by Crippen LogP contribution is 2.34. The molecule has 1 aromatic carbocycles. The standard InChI is InChI=1S/C15H15IO2/c1-2-18-14(17)15(16)10-8-13(9-11-15)12-6-4-3-5-7-12/h3-10H,2,11H2,1H3.